The first kappa shape index (κ1) is 17.9. The molecule has 0 aliphatic carbocycles. The van der Waals surface area contributed by atoms with Crippen LogP contribution in [-0.4, -0.2) is 14.4 Å². The molecule has 0 saturated carbocycles. The highest BCUT2D eigenvalue weighted by molar-refractivity contribution is 7.90. The largest absolute Gasteiger partial charge is 0.457 e. The number of hydrogen-bond acceptors (Lipinski definition) is 5. The van der Waals surface area contributed by atoms with Gasteiger partial charge in [-0.05, 0) is 35.9 Å². The zero-order chi connectivity index (χ0) is 18.6. The van der Waals surface area contributed by atoms with Crippen LogP contribution in [0.1, 0.15) is 21.7 Å². The summed E-state index contributed by atoms with van der Waals surface area (Å²) in [6, 6.07) is 14.9. The predicted octanol–water partition coefficient (Wildman–Crippen LogP) is 3.75. The number of ether oxygens (including phenoxy) is 1. The average molecular weight is 374 g/mol. The maximum atomic E-state index is 12.9. The maximum Gasteiger partial charge on any atom is 0.374 e. The van der Waals surface area contributed by atoms with Crippen LogP contribution < -0.4 is 0 Å². The number of rotatable bonds is 6. The van der Waals surface area contributed by atoms with E-state index in [0.717, 1.165) is 0 Å². The van der Waals surface area contributed by atoms with E-state index in [1.807, 2.05) is 0 Å². The van der Waals surface area contributed by atoms with Gasteiger partial charge in [0.25, 0.3) is 0 Å². The first-order valence-electron chi connectivity index (χ1n) is 7.71. The molecule has 0 amide bonds. The van der Waals surface area contributed by atoms with Crippen molar-refractivity contribution in [3.8, 4) is 0 Å². The van der Waals surface area contributed by atoms with Gasteiger partial charge < -0.3 is 9.15 Å². The molecule has 0 fully saturated rings. The molecule has 3 rings (SSSR count). The Morgan fingerprint density at radius 1 is 1.00 bits per heavy atom. The molecule has 5 nitrogen and oxygen atoms in total. The number of furan rings is 1. The van der Waals surface area contributed by atoms with Gasteiger partial charge in [0.2, 0.25) is 5.76 Å². The molecule has 0 N–H and O–H groups in total. The smallest absolute Gasteiger partial charge is 0.374 e. The third-order valence-corrected chi connectivity index (χ3v) is 5.34. The molecule has 26 heavy (non-hydrogen) atoms. The van der Waals surface area contributed by atoms with Gasteiger partial charge in [-0.15, -0.1) is 0 Å². The third kappa shape index (κ3) is 4.18. The number of benzene rings is 2. The van der Waals surface area contributed by atoms with Gasteiger partial charge in [0.15, 0.2) is 9.84 Å². The molecule has 0 unspecified atom stereocenters. The molecule has 0 aliphatic heterocycles. The molecule has 0 aliphatic rings. The van der Waals surface area contributed by atoms with E-state index >= 15 is 0 Å². The van der Waals surface area contributed by atoms with Gasteiger partial charge >= 0.3 is 5.97 Å². The zero-order valence-electron chi connectivity index (χ0n) is 13.6. The lowest BCUT2D eigenvalue weighted by molar-refractivity contribution is 0.0435. The molecule has 1 heterocycles. The molecule has 134 valence electrons. The molecule has 0 radical (unpaired) electrons. The monoisotopic (exact) mass is 374 g/mol. The van der Waals surface area contributed by atoms with Gasteiger partial charge in [-0.1, -0.05) is 30.3 Å². The SMILES string of the molecule is O=C(OCc1ccc(F)cc1)c1occc1CS(=O)(=O)c1ccccc1. The first-order chi connectivity index (χ1) is 12.5. The van der Waals surface area contributed by atoms with Crippen LogP contribution in [0.2, 0.25) is 0 Å². The number of carbonyl (C=O) groups excluding carboxylic acids is 1. The van der Waals surface area contributed by atoms with Crippen LogP contribution >= 0.6 is 0 Å². The fourth-order valence-electron chi connectivity index (χ4n) is 2.34. The summed E-state index contributed by atoms with van der Waals surface area (Å²) in [7, 11) is -3.62. The molecule has 1 aromatic heterocycles. The first-order valence-corrected chi connectivity index (χ1v) is 9.37. The summed E-state index contributed by atoms with van der Waals surface area (Å²) in [4.78, 5) is 12.4. The quantitative estimate of drug-likeness (QED) is 0.615. The van der Waals surface area contributed by atoms with Crippen molar-refractivity contribution in [3.05, 3.63) is 89.6 Å². The molecule has 0 atom stereocenters. The topological polar surface area (TPSA) is 73.6 Å². The Morgan fingerprint density at radius 2 is 1.69 bits per heavy atom. The summed E-state index contributed by atoms with van der Waals surface area (Å²) in [5, 5.41) is 0. The predicted molar refractivity (Wildman–Crippen MR) is 91.6 cm³/mol. The van der Waals surface area contributed by atoms with E-state index in [1.54, 1.807) is 18.2 Å². The van der Waals surface area contributed by atoms with E-state index in [-0.39, 0.29) is 34.4 Å². The summed E-state index contributed by atoms with van der Waals surface area (Å²) in [5.41, 5.74) is 0.822. The molecule has 7 heteroatoms. The second-order valence-corrected chi connectivity index (χ2v) is 7.54. The number of esters is 1. The number of halogens is 1. The van der Waals surface area contributed by atoms with Crippen LogP contribution in [0.4, 0.5) is 4.39 Å². The highest BCUT2D eigenvalue weighted by Gasteiger charge is 2.23. The minimum atomic E-state index is -3.62. The Labute approximate surface area is 150 Å². The van der Waals surface area contributed by atoms with Crippen LogP contribution in [-0.2, 0) is 26.9 Å². The average Bonchev–Trinajstić information content (AvgIpc) is 3.09. The van der Waals surface area contributed by atoms with Crippen molar-refractivity contribution in [2.24, 2.45) is 0 Å². The summed E-state index contributed by atoms with van der Waals surface area (Å²) in [6.45, 7) is -0.0787. The molecule has 3 aromatic rings. The Balaban J connectivity index is 1.71. The van der Waals surface area contributed by atoms with Crippen molar-refractivity contribution < 1.29 is 26.8 Å². The van der Waals surface area contributed by atoms with Gasteiger partial charge in [-0.2, -0.15) is 0 Å². The van der Waals surface area contributed by atoms with Crippen molar-refractivity contribution in [2.75, 3.05) is 0 Å². The van der Waals surface area contributed by atoms with Crippen LogP contribution in [0.5, 0.6) is 0 Å². The van der Waals surface area contributed by atoms with E-state index in [4.69, 9.17) is 9.15 Å². The summed E-state index contributed by atoms with van der Waals surface area (Å²) in [5.74, 6) is -1.71. The molecule has 0 bridgehead atoms. The lowest BCUT2D eigenvalue weighted by atomic mass is 10.2. The Bertz CT molecular complexity index is 992. The molecule has 2 aromatic carbocycles. The van der Waals surface area contributed by atoms with Crippen molar-refractivity contribution in [2.45, 2.75) is 17.3 Å². The lowest BCUT2D eigenvalue weighted by Crippen LogP contribution is -2.10. The second-order valence-electron chi connectivity index (χ2n) is 5.55. The minimum Gasteiger partial charge on any atom is -0.457 e. The minimum absolute atomic E-state index is 0.0787. The Morgan fingerprint density at radius 3 is 2.38 bits per heavy atom. The van der Waals surface area contributed by atoms with Crippen molar-refractivity contribution >= 4 is 15.8 Å². The standard InChI is InChI=1S/C19H15FO5S/c20-16-8-6-14(7-9-16)12-25-19(21)18-15(10-11-24-18)13-26(22,23)17-4-2-1-3-5-17/h1-11H,12-13H2. The maximum absolute atomic E-state index is 12.9. The third-order valence-electron chi connectivity index (χ3n) is 3.66. The van der Waals surface area contributed by atoms with E-state index in [1.165, 1.54) is 48.7 Å². The zero-order valence-corrected chi connectivity index (χ0v) is 14.4. The fraction of sp³-hybridized carbons (Fsp3) is 0.105. The molecule has 0 saturated heterocycles. The lowest BCUT2D eigenvalue weighted by Gasteiger charge is -2.06. The van der Waals surface area contributed by atoms with Gasteiger partial charge in [-0.25, -0.2) is 17.6 Å². The number of sulfone groups is 1. The molecular formula is C19H15FO5S. The van der Waals surface area contributed by atoms with Gasteiger partial charge in [-0.3, -0.25) is 0 Å². The van der Waals surface area contributed by atoms with Crippen molar-refractivity contribution in [1.82, 2.24) is 0 Å². The van der Waals surface area contributed by atoms with Gasteiger partial charge in [0.05, 0.1) is 16.9 Å². The van der Waals surface area contributed by atoms with Crippen LogP contribution in [0.25, 0.3) is 0 Å². The van der Waals surface area contributed by atoms with Crippen LogP contribution in [0.15, 0.2) is 76.2 Å². The normalized spacial score (nSPS) is 11.3. The van der Waals surface area contributed by atoms with E-state index < -0.39 is 15.8 Å². The number of hydrogen-bond donors (Lipinski definition) is 0. The highest BCUT2D eigenvalue weighted by Crippen LogP contribution is 2.21. The van der Waals surface area contributed by atoms with Crippen molar-refractivity contribution in [1.29, 1.82) is 0 Å². The summed E-state index contributed by atoms with van der Waals surface area (Å²) in [6.07, 6.45) is 1.24. The van der Waals surface area contributed by atoms with E-state index in [0.29, 0.717) is 5.56 Å². The van der Waals surface area contributed by atoms with Gasteiger partial charge in [0.1, 0.15) is 12.4 Å². The van der Waals surface area contributed by atoms with Crippen molar-refractivity contribution in [3.63, 3.8) is 0 Å². The second kappa shape index (κ2) is 7.53. The van der Waals surface area contributed by atoms with Gasteiger partial charge in [0, 0.05) is 5.56 Å². The summed E-state index contributed by atoms with van der Waals surface area (Å²) < 4.78 is 48.0. The molecular weight excluding hydrogens is 359 g/mol. The van der Waals surface area contributed by atoms with E-state index in [9.17, 15) is 17.6 Å². The molecule has 0 spiro atoms. The fourth-order valence-corrected chi connectivity index (χ4v) is 3.71. The summed E-state index contributed by atoms with van der Waals surface area (Å²) >= 11 is 0. The number of carbonyl (C=O) groups is 1. The van der Waals surface area contributed by atoms with Crippen LogP contribution in [0.3, 0.4) is 0 Å². The van der Waals surface area contributed by atoms with Crippen LogP contribution in [0, 0.1) is 5.82 Å². The Hall–Kier alpha value is -2.93. The Kier molecular flexibility index (Phi) is 5.18. The van der Waals surface area contributed by atoms with E-state index in [2.05, 4.69) is 0 Å². The highest BCUT2D eigenvalue weighted by atomic mass is 32.2.